The monoisotopic (exact) mass is 491 g/mol. The van der Waals surface area contributed by atoms with Gasteiger partial charge in [-0.05, 0) is 54.6 Å². The number of pyridine rings is 1. The minimum Gasteiger partial charge on any atom is -0.465 e. The first kappa shape index (κ1) is 24.6. The van der Waals surface area contributed by atoms with Crippen molar-refractivity contribution in [1.82, 2.24) is 10.3 Å². The molecule has 0 radical (unpaired) electrons. The van der Waals surface area contributed by atoms with Crippen molar-refractivity contribution in [2.75, 3.05) is 12.0 Å². The number of carbonyl (C=O) groups excluding carboxylic acids is 3. The van der Waals surface area contributed by atoms with Crippen molar-refractivity contribution in [1.29, 1.82) is 0 Å². The molecule has 1 unspecified atom stereocenters. The van der Waals surface area contributed by atoms with Gasteiger partial charge in [-0.15, -0.1) is 11.3 Å². The molecule has 3 aromatic rings. The molecular formula is C27H29N3O4S. The van der Waals surface area contributed by atoms with Gasteiger partial charge < -0.3 is 10.1 Å². The van der Waals surface area contributed by atoms with Crippen molar-refractivity contribution in [2.45, 2.75) is 50.6 Å². The molecule has 7 nitrogen and oxygen atoms in total. The average Bonchev–Trinajstić information content (AvgIpc) is 3.41. The normalized spacial score (nSPS) is 14.7. The van der Waals surface area contributed by atoms with E-state index in [-0.39, 0.29) is 24.3 Å². The van der Waals surface area contributed by atoms with Crippen molar-refractivity contribution >= 4 is 34.8 Å². The van der Waals surface area contributed by atoms with E-state index in [9.17, 15) is 14.4 Å². The second kappa shape index (κ2) is 11.8. The van der Waals surface area contributed by atoms with E-state index >= 15 is 0 Å². The maximum atomic E-state index is 13.8. The number of benzene rings is 1. The van der Waals surface area contributed by atoms with Crippen LogP contribution in [0.25, 0.3) is 0 Å². The first-order chi connectivity index (χ1) is 17.1. The molecule has 1 N–H and O–H groups in total. The summed E-state index contributed by atoms with van der Waals surface area (Å²) in [5, 5.41) is 5.11. The second-order valence-corrected chi connectivity index (χ2v) is 9.62. The fourth-order valence-corrected chi connectivity index (χ4v) is 5.14. The van der Waals surface area contributed by atoms with E-state index in [4.69, 9.17) is 4.74 Å². The highest BCUT2D eigenvalue weighted by Gasteiger charge is 2.34. The number of esters is 1. The Morgan fingerprint density at radius 1 is 1.09 bits per heavy atom. The Labute approximate surface area is 209 Å². The van der Waals surface area contributed by atoms with Crippen molar-refractivity contribution in [3.8, 4) is 0 Å². The molecule has 2 aromatic heterocycles. The van der Waals surface area contributed by atoms with Gasteiger partial charge in [-0.2, -0.15) is 0 Å². The van der Waals surface area contributed by atoms with Crippen LogP contribution in [0.5, 0.6) is 0 Å². The minimum atomic E-state index is -0.901. The van der Waals surface area contributed by atoms with Crippen LogP contribution in [-0.2, 0) is 20.7 Å². The molecule has 0 bridgehead atoms. The lowest BCUT2D eigenvalue weighted by Gasteiger charge is -2.33. The standard InChI is InChI=1S/C27H29N3O4S/c1-34-27(33)19-11-13-22(14-12-19)30(24(31)17-23-10-6-16-35-23)25(20-7-5-15-28-18-20)26(32)29-21-8-3-2-4-9-21/h5-7,10-16,18,21,25H,2-4,8-9,17H2,1H3,(H,29,32). The Kier molecular flexibility index (Phi) is 8.26. The fraction of sp³-hybridized carbons (Fsp3) is 0.333. The lowest BCUT2D eigenvalue weighted by Crippen LogP contribution is -2.47. The summed E-state index contributed by atoms with van der Waals surface area (Å²) >= 11 is 1.50. The van der Waals surface area contributed by atoms with Crippen LogP contribution in [0.15, 0.2) is 66.3 Å². The first-order valence-electron chi connectivity index (χ1n) is 11.8. The quantitative estimate of drug-likeness (QED) is 0.462. The van der Waals surface area contributed by atoms with Gasteiger partial charge in [-0.3, -0.25) is 19.5 Å². The number of hydrogen-bond donors (Lipinski definition) is 1. The zero-order valence-electron chi connectivity index (χ0n) is 19.7. The number of nitrogens with one attached hydrogen (secondary N) is 1. The maximum absolute atomic E-state index is 13.8. The first-order valence-corrected chi connectivity index (χ1v) is 12.7. The Morgan fingerprint density at radius 2 is 1.86 bits per heavy atom. The second-order valence-electron chi connectivity index (χ2n) is 8.59. The summed E-state index contributed by atoms with van der Waals surface area (Å²) in [6.07, 6.45) is 8.63. The van der Waals surface area contributed by atoms with Gasteiger partial charge in [0.1, 0.15) is 6.04 Å². The van der Waals surface area contributed by atoms with E-state index < -0.39 is 12.0 Å². The van der Waals surface area contributed by atoms with Crippen molar-refractivity contribution in [3.63, 3.8) is 0 Å². The molecule has 35 heavy (non-hydrogen) atoms. The van der Waals surface area contributed by atoms with E-state index in [2.05, 4.69) is 10.3 Å². The highest BCUT2D eigenvalue weighted by Crippen LogP contribution is 2.30. The Bertz CT molecular complexity index is 1130. The van der Waals surface area contributed by atoms with Crippen molar-refractivity contribution in [3.05, 3.63) is 82.3 Å². The molecule has 1 fully saturated rings. The van der Waals surface area contributed by atoms with Gasteiger partial charge in [0.05, 0.1) is 19.1 Å². The van der Waals surface area contributed by atoms with Crippen LogP contribution >= 0.6 is 11.3 Å². The number of hydrogen-bond acceptors (Lipinski definition) is 6. The third-order valence-electron chi connectivity index (χ3n) is 6.20. The van der Waals surface area contributed by atoms with Gasteiger partial charge in [-0.25, -0.2) is 4.79 Å². The average molecular weight is 492 g/mol. The molecule has 1 aromatic carbocycles. The topological polar surface area (TPSA) is 88.6 Å². The van der Waals surface area contributed by atoms with Gasteiger partial charge in [0.25, 0.3) is 0 Å². The third kappa shape index (κ3) is 6.14. The number of rotatable bonds is 8. The Morgan fingerprint density at radius 3 is 2.49 bits per heavy atom. The minimum absolute atomic E-state index is 0.0892. The van der Waals surface area contributed by atoms with E-state index in [1.54, 1.807) is 42.7 Å². The zero-order valence-corrected chi connectivity index (χ0v) is 20.5. The van der Waals surface area contributed by atoms with Crippen LogP contribution in [0.1, 0.15) is 58.9 Å². The molecule has 2 amide bonds. The number of nitrogens with zero attached hydrogens (tertiary/aromatic N) is 2. The molecule has 2 heterocycles. The molecular weight excluding hydrogens is 462 g/mol. The maximum Gasteiger partial charge on any atom is 0.337 e. The number of aromatic nitrogens is 1. The van der Waals surface area contributed by atoms with E-state index in [1.165, 1.54) is 29.8 Å². The summed E-state index contributed by atoms with van der Waals surface area (Å²) in [6.45, 7) is 0. The van der Waals surface area contributed by atoms with Crippen LogP contribution in [0.4, 0.5) is 5.69 Å². The fourth-order valence-electron chi connectivity index (χ4n) is 4.44. The summed E-state index contributed by atoms with van der Waals surface area (Å²) in [6, 6.07) is 13.1. The third-order valence-corrected chi connectivity index (χ3v) is 7.08. The predicted octanol–water partition coefficient (Wildman–Crippen LogP) is 4.70. The van der Waals surface area contributed by atoms with E-state index in [0.717, 1.165) is 30.6 Å². The molecule has 8 heteroatoms. The van der Waals surface area contributed by atoms with Crippen LogP contribution < -0.4 is 10.2 Å². The molecule has 0 aliphatic heterocycles. The molecule has 4 rings (SSSR count). The highest BCUT2D eigenvalue weighted by atomic mass is 32.1. The van der Waals surface area contributed by atoms with E-state index in [1.807, 2.05) is 23.6 Å². The molecule has 0 spiro atoms. The van der Waals surface area contributed by atoms with Gasteiger partial charge in [-0.1, -0.05) is 31.4 Å². The van der Waals surface area contributed by atoms with Gasteiger partial charge in [0.2, 0.25) is 11.8 Å². The van der Waals surface area contributed by atoms with E-state index in [0.29, 0.717) is 16.8 Å². The number of thiophene rings is 1. The Balaban J connectivity index is 1.73. The number of ether oxygens (including phenoxy) is 1. The summed E-state index contributed by atoms with van der Waals surface area (Å²) in [5.41, 5.74) is 1.51. The van der Waals surface area contributed by atoms with Crippen LogP contribution in [-0.4, -0.2) is 35.9 Å². The summed E-state index contributed by atoms with van der Waals surface area (Å²) < 4.78 is 4.80. The molecule has 1 aliphatic rings. The molecule has 0 saturated heterocycles. The smallest absolute Gasteiger partial charge is 0.337 e. The van der Waals surface area contributed by atoms with Crippen molar-refractivity contribution in [2.24, 2.45) is 0 Å². The van der Waals surface area contributed by atoms with Gasteiger partial charge in [0, 0.05) is 34.6 Å². The molecule has 1 saturated carbocycles. The summed E-state index contributed by atoms with van der Waals surface area (Å²) in [5.74, 6) is -0.917. The predicted molar refractivity (Wildman–Crippen MR) is 135 cm³/mol. The van der Waals surface area contributed by atoms with Crippen LogP contribution in [0.2, 0.25) is 0 Å². The molecule has 1 aliphatic carbocycles. The van der Waals surface area contributed by atoms with Gasteiger partial charge >= 0.3 is 5.97 Å². The Hall–Kier alpha value is -3.52. The molecule has 182 valence electrons. The lowest BCUT2D eigenvalue weighted by molar-refractivity contribution is -0.127. The zero-order chi connectivity index (χ0) is 24.6. The largest absolute Gasteiger partial charge is 0.465 e. The number of anilines is 1. The number of amides is 2. The van der Waals surface area contributed by atoms with Crippen LogP contribution in [0, 0.1) is 0 Å². The summed E-state index contributed by atoms with van der Waals surface area (Å²) in [7, 11) is 1.32. The highest BCUT2D eigenvalue weighted by molar-refractivity contribution is 7.10. The lowest BCUT2D eigenvalue weighted by atomic mass is 9.94. The number of methoxy groups -OCH3 is 1. The van der Waals surface area contributed by atoms with Gasteiger partial charge in [0.15, 0.2) is 0 Å². The molecule has 1 atom stereocenters. The SMILES string of the molecule is COC(=O)c1ccc(N(C(=O)Cc2cccs2)C(C(=O)NC2CCCCC2)c2cccnc2)cc1. The number of carbonyl (C=O) groups is 3. The summed E-state index contributed by atoms with van der Waals surface area (Å²) in [4.78, 5) is 46.1. The van der Waals surface area contributed by atoms with Crippen molar-refractivity contribution < 1.29 is 19.1 Å². The van der Waals surface area contributed by atoms with Crippen LogP contribution in [0.3, 0.4) is 0 Å².